The lowest BCUT2D eigenvalue weighted by Crippen LogP contribution is -2.14. The summed E-state index contributed by atoms with van der Waals surface area (Å²) in [4.78, 5) is 11.7. The molecule has 0 fully saturated rings. The summed E-state index contributed by atoms with van der Waals surface area (Å²) >= 11 is 1.66. The molecule has 0 N–H and O–H groups in total. The van der Waals surface area contributed by atoms with E-state index in [1.165, 1.54) is 16.8 Å². The molecule has 0 unspecified atom stereocenters. The molecule has 0 spiro atoms. The maximum atomic E-state index is 8.85. The summed E-state index contributed by atoms with van der Waals surface area (Å²) in [6.45, 7) is 2.06. The highest BCUT2D eigenvalue weighted by atomic mass is 32.1. The third kappa shape index (κ3) is 2.26. The van der Waals surface area contributed by atoms with Gasteiger partial charge >= 0.3 is 0 Å². The van der Waals surface area contributed by atoms with Gasteiger partial charge in [-0.3, -0.25) is 4.90 Å². The third-order valence-corrected chi connectivity index (χ3v) is 3.71. The smallest absolute Gasteiger partial charge is 0.185 e. The maximum Gasteiger partial charge on any atom is 0.185 e. The van der Waals surface area contributed by atoms with Gasteiger partial charge in [0.2, 0.25) is 0 Å². The molecule has 2 rings (SSSR count). The fourth-order valence-corrected chi connectivity index (χ4v) is 2.47. The van der Waals surface area contributed by atoms with Crippen LogP contribution in [0.1, 0.15) is 5.56 Å². The molecule has 0 saturated heterocycles. The van der Waals surface area contributed by atoms with Crippen molar-refractivity contribution in [1.82, 2.24) is 9.97 Å². The van der Waals surface area contributed by atoms with Crippen LogP contribution in [0.4, 0.5) is 16.6 Å². The van der Waals surface area contributed by atoms with E-state index in [1.807, 2.05) is 23.5 Å². The predicted molar refractivity (Wildman–Crippen MR) is 73.2 cm³/mol. The van der Waals surface area contributed by atoms with E-state index in [0.29, 0.717) is 5.82 Å². The molecule has 0 amide bonds. The molecule has 0 atom stereocenters. The van der Waals surface area contributed by atoms with Gasteiger partial charge in [-0.25, -0.2) is 9.97 Å². The molecule has 0 aliphatic carbocycles. The van der Waals surface area contributed by atoms with Crippen molar-refractivity contribution in [2.45, 2.75) is 6.92 Å². The summed E-state index contributed by atoms with van der Waals surface area (Å²) in [6, 6.07) is 3.86. The zero-order valence-corrected chi connectivity index (χ0v) is 11.3. The second-order valence-corrected chi connectivity index (χ2v) is 4.76. The summed E-state index contributed by atoms with van der Waals surface area (Å²) in [5, 5.41) is 12.0. The quantitative estimate of drug-likeness (QED) is 0.626. The lowest BCUT2D eigenvalue weighted by Gasteiger charge is -2.18. The van der Waals surface area contributed by atoms with Gasteiger partial charge in [0.1, 0.15) is 18.0 Å². The molecule has 0 radical (unpaired) electrons. The Morgan fingerprint density at radius 1 is 1.28 bits per heavy atom. The molecule has 6 heteroatoms. The van der Waals surface area contributed by atoms with E-state index in [2.05, 4.69) is 23.0 Å². The van der Waals surface area contributed by atoms with Gasteiger partial charge in [0, 0.05) is 20.2 Å². The zero-order chi connectivity index (χ0) is 13.1. The third-order valence-electron chi connectivity index (χ3n) is 2.62. The van der Waals surface area contributed by atoms with Gasteiger partial charge in [-0.1, -0.05) is 0 Å². The number of nitrogens with zero attached hydrogens (tertiary/aromatic N) is 5. The second kappa shape index (κ2) is 5.02. The summed E-state index contributed by atoms with van der Waals surface area (Å²) in [5.74, 6) is 1.36. The normalized spacial score (nSPS) is 9.89. The number of hydrogen-bond donors (Lipinski definition) is 0. The van der Waals surface area contributed by atoms with Crippen LogP contribution in [0, 0.1) is 18.4 Å². The number of rotatable bonds is 3. The van der Waals surface area contributed by atoms with E-state index in [-0.39, 0.29) is 0 Å². The minimum atomic E-state index is 0.587. The summed E-state index contributed by atoms with van der Waals surface area (Å²) in [5.41, 5.74) is 1.20. The summed E-state index contributed by atoms with van der Waals surface area (Å²) in [6.07, 6.45) is 3.49. The zero-order valence-electron chi connectivity index (χ0n) is 10.5. The monoisotopic (exact) mass is 259 g/mol. The van der Waals surface area contributed by atoms with Crippen LogP contribution in [0.15, 0.2) is 23.8 Å². The van der Waals surface area contributed by atoms with Gasteiger partial charge in [-0.15, -0.1) is 11.3 Å². The van der Waals surface area contributed by atoms with E-state index < -0.39 is 0 Å². The number of aromatic nitrogens is 2. The highest BCUT2D eigenvalue weighted by Gasteiger charge is 2.11. The van der Waals surface area contributed by atoms with Gasteiger partial charge in [-0.05, 0) is 23.9 Å². The van der Waals surface area contributed by atoms with Gasteiger partial charge in [0.15, 0.2) is 6.19 Å². The van der Waals surface area contributed by atoms with Crippen LogP contribution < -0.4 is 9.80 Å². The fraction of sp³-hybridized carbons (Fsp3) is 0.250. The second-order valence-electron chi connectivity index (χ2n) is 3.86. The standard InChI is InChI=1S/C12H13N5S/c1-9-4-5-18-12(9)17(3)11-6-10(14-8-15-11)16(2)7-13/h4-6,8H,1-3H3. The van der Waals surface area contributed by atoms with Gasteiger partial charge < -0.3 is 4.90 Å². The van der Waals surface area contributed by atoms with Gasteiger partial charge in [0.25, 0.3) is 0 Å². The Bertz CT molecular complexity index is 586. The van der Waals surface area contributed by atoms with E-state index in [4.69, 9.17) is 5.26 Å². The lowest BCUT2D eigenvalue weighted by atomic mass is 10.3. The Balaban J connectivity index is 2.35. The first-order chi connectivity index (χ1) is 8.63. The van der Waals surface area contributed by atoms with Crippen molar-refractivity contribution in [3.63, 3.8) is 0 Å². The van der Waals surface area contributed by atoms with Crippen LogP contribution in [0.3, 0.4) is 0 Å². The van der Waals surface area contributed by atoms with Crippen molar-refractivity contribution in [1.29, 1.82) is 5.26 Å². The van der Waals surface area contributed by atoms with E-state index in [9.17, 15) is 0 Å². The number of thiophene rings is 1. The largest absolute Gasteiger partial charge is 0.321 e. The Morgan fingerprint density at radius 3 is 2.61 bits per heavy atom. The van der Waals surface area contributed by atoms with Crippen molar-refractivity contribution in [3.8, 4) is 6.19 Å². The van der Waals surface area contributed by atoms with E-state index >= 15 is 0 Å². The molecular weight excluding hydrogens is 246 g/mol. The molecule has 0 saturated carbocycles. The SMILES string of the molecule is Cc1ccsc1N(C)c1cc(N(C)C#N)ncn1. The van der Waals surface area contributed by atoms with Crippen LogP contribution in [0.2, 0.25) is 0 Å². The molecule has 2 heterocycles. The van der Waals surface area contributed by atoms with Gasteiger partial charge in [0.05, 0.1) is 5.00 Å². The van der Waals surface area contributed by atoms with Crippen LogP contribution in [0.5, 0.6) is 0 Å². The van der Waals surface area contributed by atoms with E-state index in [0.717, 1.165) is 10.8 Å². The number of aryl methyl sites for hydroxylation is 1. The molecule has 0 bridgehead atoms. The average molecular weight is 259 g/mol. The van der Waals surface area contributed by atoms with Crippen LogP contribution in [-0.4, -0.2) is 24.1 Å². The molecular formula is C12H13N5S. The highest BCUT2D eigenvalue weighted by Crippen LogP contribution is 2.31. The van der Waals surface area contributed by atoms with E-state index in [1.54, 1.807) is 24.5 Å². The molecule has 5 nitrogen and oxygen atoms in total. The topological polar surface area (TPSA) is 56.0 Å². The number of anilines is 3. The van der Waals surface area contributed by atoms with Crippen molar-refractivity contribution in [3.05, 3.63) is 29.4 Å². The Morgan fingerprint density at radius 2 is 2.00 bits per heavy atom. The van der Waals surface area contributed by atoms with Crippen molar-refractivity contribution in [2.75, 3.05) is 23.9 Å². The lowest BCUT2D eigenvalue weighted by molar-refractivity contribution is 1.05. The van der Waals surface area contributed by atoms with Crippen LogP contribution >= 0.6 is 11.3 Å². The van der Waals surface area contributed by atoms with Gasteiger partial charge in [-0.2, -0.15) is 5.26 Å². The first-order valence-corrected chi connectivity index (χ1v) is 6.24. The van der Waals surface area contributed by atoms with Crippen molar-refractivity contribution < 1.29 is 0 Å². The molecule has 2 aromatic heterocycles. The van der Waals surface area contributed by atoms with Crippen molar-refractivity contribution in [2.24, 2.45) is 0 Å². The first-order valence-electron chi connectivity index (χ1n) is 5.37. The van der Waals surface area contributed by atoms with Crippen LogP contribution in [-0.2, 0) is 0 Å². The fourth-order valence-electron chi connectivity index (χ4n) is 1.57. The Hall–Kier alpha value is -2.13. The molecule has 0 aromatic carbocycles. The molecule has 0 aliphatic rings. The Kier molecular flexibility index (Phi) is 3.44. The molecule has 0 aliphatic heterocycles. The molecule has 2 aromatic rings. The molecule has 18 heavy (non-hydrogen) atoms. The van der Waals surface area contributed by atoms with Crippen molar-refractivity contribution >= 4 is 28.0 Å². The molecule has 92 valence electrons. The first kappa shape index (κ1) is 12.3. The Labute approximate surface area is 110 Å². The predicted octanol–water partition coefficient (Wildman–Crippen LogP) is 2.53. The minimum Gasteiger partial charge on any atom is -0.321 e. The van der Waals surface area contributed by atoms with Crippen LogP contribution in [0.25, 0.3) is 0 Å². The summed E-state index contributed by atoms with van der Waals surface area (Å²) in [7, 11) is 3.62. The minimum absolute atomic E-state index is 0.587. The maximum absolute atomic E-state index is 8.85. The number of hydrogen-bond acceptors (Lipinski definition) is 6. The summed E-state index contributed by atoms with van der Waals surface area (Å²) < 4.78 is 0. The average Bonchev–Trinajstić information content (AvgIpc) is 2.83. The number of nitriles is 1. The highest BCUT2D eigenvalue weighted by molar-refractivity contribution is 7.14.